The van der Waals surface area contributed by atoms with Crippen LogP contribution >= 0.6 is 0 Å². The molecule has 2 aromatic heterocycles. The second-order valence-electron chi connectivity index (χ2n) is 6.69. The minimum atomic E-state index is -0.512. The van der Waals surface area contributed by atoms with Gasteiger partial charge in [0.1, 0.15) is 16.8 Å². The first-order valence-corrected chi connectivity index (χ1v) is 8.62. The highest BCUT2D eigenvalue weighted by Crippen LogP contribution is 2.35. The van der Waals surface area contributed by atoms with Crippen LogP contribution in [0.2, 0.25) is 0 Å². The van der Waals surface area contributed by atoms with Gasteiger partial charge in [-0.3, -0.25) is 9.36 Å². The van der Waals surface area contributed by atoms with Crippen LogP contribution in [0, 0.1) is 0 Å². The van der Waals surface area contributed by atoms with Gasteiger partial charge in [-0.25, -0.2) is 4.79 Å². The Labute approximate surface area is 138 Å². The summed E-state index contributed by atoms with van der Waals surface area (Å²) in [6, 6.07) is 7.53. The number of aryl methyl sites for hydroxylation is 1. The minimum Gasteiger partial charge on any atom is -0.422 e. The maximum atomic E-state index is 13.1. The first-order chi connectivity index (χ1) is 11.8. The van der Waals surface area contributed by atoms with Crippen molar-refractivity contribution in [2.75, 3.05) is 18.0 Å². The van der Waals surface area contributed by atoms with Gasteiger partial charge in [-0.2, -0.15) is 0 Å². The standard InChI is InChI=1S/C19H18N2O3/c22-18-16-15(12-6-1-2-8-14(12)24-19(16)23)13-7-3-4-9-20-10-5-11-21(18)17(13)20/h1-2,6,8H,3-5,7,9-11H2. The van der Waals surface area contributed by atoms with Crippen molar-refractivity contribution in [3.05, 3.63) is 50.6 Å². The summed E-state index contributed by atoms with van der Waals surface area (Å²) in [7, 11) is 0. The molecule has 2 aliphatic rings. The SMILES string of the molecule is O=c1oc2ccccc2c2c3c4n(c(=O)c12)CCCN4CCCC3. The molecule has 0 spiro atoms. The van der Waals surface area contributed by atoms with E-state index in [-0.39, 0.29) is 10.9 Å². The first-order valence-electron chi connectivity index (χ1n) is 8.62. The maximum Gasteiger partial charge on any atom is 0.349 e. The Morgan fingerprint density at radius 2 is 1.75 bits per heavy atom. The lowest BCUT2D eigenvalue weighted by atomic mass is 9.99. The molecule has 0 atom stereocenters. The van der Waals surface area contributed by atoms with E-state index in [0.29, 0.717) is 12.1 Å². The Bertz CT molecular complexity index is 1090. The molecular weight excluding hydrogens is 304 g/mol. The van der Waals surface area contributed by atoms with E-state index >= 15 is 0 Å². The molecule has 4 heterocycles. The van der Waals surface area contributed by atoms with E-state index in [0.717, 1.165) is 60.9 Å². The third-order valence-electron chi connectivity index (χ3n) is 5.31. The van der Waals surface area contributed by atoms with Gasteiger partial charge in [0.05, 0.1) is 0 Å². The van der Waals surface area contributed by atoms with Crippen molar-refractivity contribution in [2.24, 2.45) is 0 Å². The van der Waals surface area contributed by atoms with E-state index in [2.05, 4.69) is 4.90 Å². The van der Waals surface area contributed by atoms with Crippen molar-refractivity contribution < 1.29 is 4.42 Å². The van der Waals surface area contributed by atoms with Gasteiger partial charge in [0.25, 0.3) is 5.56 Å². The van der Waals surface area contributed by atoms with Crippen molar-refractivity contribution in [3.63, 3.8) is 0 Å². The van der Waals surface area contributed by atoms with Crippen molar-refractivity contribution in [2.45, 2.75) is 32.2 Å². The number of hydrogen-bond acceptors (Lipinski definition) is 4. The van der Waals surface area contributed by atoms with Gasteiger partial charge in [-0.05, 0) is 31.7 Å². The summed E-state index contributed by atoms with van der Waals surface area (Å²) in [6.07, 6.45) is 4.03. The number of hydrogen-bond donors (Lipinski definition) is 0. The zero-order chi connectivity index (χ0) is 16.3. The zero-order valence-electron chi connectivity index (χ0n) is 13.4. The molecule has 2 aliphatic heterocycles. The normalized spacial score (nSPS) is 17.1. The van der Waals surface area contributed by atoms with Gasteiger partial charge < -0.3 is 9.32 Å². The fourth-order valence-corrected chi connectivity index (χ4v) is 4.32. The summed E-state index contributed by atoms with van der Waals surface area (Å²) in [5.41, 5.74) is 0.990. The molecule has 0 bridgehead atoms. The average Bonchev–Trinajstić information content (AvgIpc) is 2.82. The van der Waals surface area contributed by atoms with E-state index in [1.165, 1.54) is 0 Å². The van der Waals surface area contributed by atoms with Gasteiger partial charge in [0, 0.05) is 36.0 Å². The molecule has 3 aromatic rings. The molecule has 0 N–H and O–H groups in total. The predicted molar refractivity (Wildman–Crippen MR) is 94.0 cm³/mol. The number of aromatic nitrogens is 1. The van der Waals surface area contributed by atoms with Gasteiger partial charge in [-0.15, -0.1) is 0 Å². The monoisotopic (exact) mass is 322 g/mol. The number of rotatable bonds is 0. The number of pyridine rings is 1. The molecule has 0 unspecified atom stereocenters. The smallest absolute Gasteiger partial charge is 0.349 e. The molecule has 5 heteroatoms. The lowest BCUT2D eigenvalue weighted by molar-refractivity contribution is 0.541. The van der Waals surface area contributed by atoms with Crippen molar-refractivity contribution in [3.8, 4) is 0 Å². The Morgan fingerprint density at radius 1 is 0.917 bits per heavy atom. The Balaban J connectivity index is 2.08. The third kappa shape index (κ3) is 1.75. The van der Waals surface area contributed by atoms with Crippen LogP contribution in [0.5, 0.6) is 0 Å². The van der Waals surface area contributed by atoms with E-state index in [1.54, 1.807) is 10.6 Å². The van der Waals surface area contributed by atoms with Gasteiger partial charge in [0.15, 0.2) is 0 Å². The lowest BCUT2D eigenvalue weighted by Gasteiger charge is -2.33. The molecule has 1 aromatic carbocycles. The summed E-state index contributed by atoms with van der Waals surface area (Å²) in [5, 5.41) is 1.90. The summed E-state index contributed by atoms with van der Waals surface area (Å²) in [5.74, 6) is 1.03. The number of benzene rings is 1. The van der Waals surface area contributed by atoms with E-state index in [9.17, 15) is 9.59 Å². The van der Waals surface area contributed by atoms with E-state index < -0.39 is 5.63 Å². The van der Waals surface area contributed by atoms with Crippen LogP contribution < -0.4 is 16.1 Å². The zero-order valence-corrected chi connectivity index (χ0v) is 13.4. The molecule has 24 heavy (non-hydrogen) atoms. The van der Waals surface area contributed by atoms with Crippen LogP contribution in [0.3, 0.4) is 0 Å². The lowest BCUT2D eigenvalue weighted by Crippen LogP contribution is -2.39. The van der Waals surface area contributed by atoms with Crippen molar-refractivity contribution in [1.82, 2.24) is 4.57 Å². The highest BCUT2D eigenvalue weighted by molar-refractivity contribution is 6.07. The number of nitrogens with zero attached hydrogens (tertiary/aromatic N) is 2. The molecule has 0 aliphatic carbocycles. The first kappa shape index (κ1) is 13.8. The van der Waals surface area contributed by atoms with Gasteiger partial charge in [0.2, 0.25) is 0 Å². The number of fused-ring (bicyclic) bond motifs is 4. The fourth-order valence-electron chi connectivity index (χ4n) is 4.32. The second kappa shape index (κ2) is 4.97. The van der Waals surface area contributed by atoms with E-state index in [1.807, 2.05) is 18.2 Å². The predicted octanol–water partition coefficient (Wildman–Crippen LogP) is 2.65. The molecule has 122 valence electrons. The third-order valence-corrected chi connectivity index (χ3v) is 5.31. The molecule has 0 fully saturated rings. The summed E-state index contributed by atoms with van der Waals surface area (Å²) in [4.78, 5) is 28.0. The van der Waals surface area contributed by atoms with Crippen LogP contribution in [0.25, 0.3) is 21.7 Å². The Kier molecular flexibility index (Phi) is 2.86. The van der Waals surface area contributed by atoms with Crippen molar-refractivity contribution in [1.29, 1.82) is 0 Å². The molecule has 5 nitrogen and oxygen atoms in total. The maximum absolute atomic E-state index is 13.1. The minimum absolute atomic E-state index is 0.199. The fraction of sp³-hybridized carbons (Fsp3) is 0.368. The highest BCUT2D eigenvalue weighted by Gasteiger charge is 2.28. The Morgan fingerprint density at radius 3 is 2.67 bits per heavy atom. The molecule has 0 saturated carbocycles. The highest BCUT2D eigenvalue weighted by atomic mass is 16.4. The van der Waals surface area contributed by atoms with E-state index in [4.69, 9.17) is 4.42 Å². The van der Waals surface area contributed by atoms with Crippen LogP contribution in [-0.2, 0) is 13.0 Å². The number of anilines is 1. The van der Waals surface area contributed by atoms with Crippen LogP contribution in [0.1, 0.15) is 24.8 Å². The molecule has 0 radical (unpaired) electrons. The topological polar surface area (TPSA) is 55.5 Å². The van der Waals surface area contributed by atoms with Gasteiger partial charge in [-0.1, -0.05) is 18.2 Å². The average molecular weight is 322 g/mol. The van der Waals surface area contributed by atoms with Crippen LogP contribution in [0.4, 0.5) is 5.82 Å². The summed E-state index contributed by atoms with van der Waals surface area (Å²) in [6.45, 7) is 2.65. The summed E-state index contributed by atoms with van der Waals surface area (Å²) < 4.78 is 7.24. The second-order valence-corrected chi connectivity index (χ2v) is 6.69. The van der Waals surface area contributed by atoms with Crippen LogP contribution in [0.15, 0.2) is 38.3 Å². The number of para-hydroxylation sites is 1. The van der Waals surface area contributed by atoms with Gasteiger partial charge >= 0.3 is 5.63 Å². The molecule has 5 rings (SSSR count). The quantitative estimate of drug-likeness (QED) is 0.472. The van der Waals surface area contributed by atoms with Crippen LogP contribution in [-0.4, -0.2) is 17.7 Å². The molecule has 0 saturated heterocycles. The summed E-state index contributed by atoms with van der Waals surface area (Å²) >= 11 is 0. The largest absolute Gasteiger partial charge is 0.422 e. The van der Waals surface area contributed by atoms with Crippen molar-refractivity contribution >= 4 is 27.6 Å². The molecule has 0 amide bonds. The Hall–Kier alpha value is -2.56. The molecular formula is C19H18N2O3.